The SMILES string of the molecule is CCCCOC(=O)C(C)NP(=O)(OC[C@@H]1OC[C@H](n2cc(C)c(=O)[nH]c2=O)O1)Oc1ccc(Br)cc1. The molecule has 1 aromatic heterocycles. The first-order valence-corrected chi connectivity index (χ1v) is 13.7. The number of H-pyrrole nitrogens is 1. The number of ether oxygens (including phenoxy) is 3. The fourth-order valence-corrected chi connectivity index (χ4v) is 4.83. The number of carbonyl (C=O) groups is 1. The molecule has 2 aromatic rings. The summed E-state index contributed by atoms with van der Waals surface area (Å²) in [6.07, 6.45) is 1.11. The van der Waals surface area contributed by atoms with Gasteiger partial charge >= 0.3 is 19.4 Å². The van der Waals surface area contributed by atoms with Crippen LogP contribution < -0.4 is 20.9 Å². The molecule has 3 rings (SSSR count). The zero-order valence-corrected chi connectivity index (χ0v) is 22.6. The topological polar surface area (TPSA) is 147 Å². The van der Waals surface area contributed by atoms with E-state index in [1.54, 1.807) is 31.2 Å². The minimum absolute atomic E-state index is 0.00905. The lowest BCUT2D eigenvalue weighted by molar-refractivity contribution is -0.145. The third-order valence-electron chi connectivity index (χ3n) is 5.06. The summed E-state index contributed by atoms with van der Waals surface area (Å²) in [5.74, 6) is -0.366. The number of aromatic amines is 1. The van der Waals surface area contributed by atoms with Crippen molar-refractivity contribution < 1.29 is 32.6 Å². The van der Waals surface area contributed by atoms with E-state index >= 15 is 0 Å². The van der Waals surface area contributed by atoms with Crippen LogP contribution in [0.4, 0.5) is 0 Å². The molecule has 2 unspecified atom stereocenters. The Hall–Kier alpha value is -2.28. The monoisotopic (exact) mass is 589 g/mol. The number of nitrogens with one attached hydrogen (secondary N) is 2. The van der Waals surface area contributed by atoms with Gasteiger partial charge in [0.15, 0.2) is 12.5 Å². The van der Waals surface area contributed by atoms with E-state index in [0.717, 1.165) is 10.9 Å². The lowest BCUT2D eigenvalue weighted by Gasteiger charge is -2.24. The number of rotatable bonds is 12. The van der Waals surface area contributed by atoms with E-state index in [1.807, 2.05) is 6.92 Å². The second-order valence-electron chi connectivity index (χ2n) is 8.04. The molecule has 1 saturated heterocycles. The molecular formula is C22H29BrN3O9P. The minimum Gasteiger partial charge on any atom is -0.465 e. The first kappa shape index (κ1) is 28.3. The van der Waals surface area contributed by atoms with Crippen LogP contribution in [0.3, 0.4) is 0 Å². The fourth-order valence-electron chi connectivity index (χ4n) is 3.09. The highest BCUT2D eigenvalue weighted by Gasteiger charge is 2.36. The molecule has 0 saturated carbocycles. The van der Waals surface area contributed by atoms with Gasteiger partial charge in [-0.15, -0.1) is 0 Å². The Morgan fingerprint density at radius 3 is 2.75 bits per heavy atom. The average molecular weight is 590 g/mol. The number of carbonyl (C=O) groups excluding carboxylic acids is 1. The summed E-state index contributed by atoms with van der Waals surface area (Å²) in [7, 11) is -4.12. The molecule has 12 nitrogen and oxygen atoms in total. The van der Waals surface area contributed by atoms with Crippen molar-refractivity contribution in [1.82, 2.24) is 14.6 Å². The predicted molar refractivity (Wildman–Crippen MR) is 133 cm³/mol. The number of esters is 1. The molecule has 1 aromatic carbocycles. The quantitative estimate of drug-likeness (QED) is 0.215. The van der Waals surface area contributed by atoms with Gasteiger partial charge in [-0.05, 0) is 44.5 Å². The van der Waals surface area contributed by atoms with Gasteiger partial charge in [0.2, 0.25) is 0 Å². The van der Waals surface area contributed by atoms with Crippen LogP contribution in [0.1, 0.15) is 38.5 Å². The van der Waals surface area contributed by atoms with Crippen molar-refractivity contribution in [2.45, 2.75) is 52.2 Å². The second-order valence-corrected chi connectivity index (χ2v) is 10.7. The molecule has 198 valence electrons. The van der Waals surface area contributed by atoms with Crippen molar-refractivity contribution in [1.29, 1.82) is 0 Å². The molecule has 36 heavy (non-hydrogen) atoms. The Morgan fingerprint density at radius 2 is 2.06 bits per heavy atom. The predicted octanol–water partition coefficient (Wildman–Crippen LogP) is 3.00. The smallest absolute Gasteiger partial charge is 0.459 e. The number of nitrogens with zero attached hydrogens (tertiary/aromatic N) is 1. The highest BCUT2D eigenvalue weighted by atomic mass is 79.9. The number of halogens is 1. The van der Waals surface area contributed by atoms with Gasteiger partial charge in [0, 0.05) is 16.2 Å². The normalized spacial score (nSPS) is 20.0. The zero-order valence-electron chi connectivity index (χ0n) is 20.1. The Balaban J connectivity index is 1.68. The molecule has 0 spiro atoms. The Labute approximate surface area is 216 Å². The van der Waals surface area contributed by atoms with Crippen molar-refractivity contribution in [2.75, 3.05) is 19.8 Å². The van der Waals surface area contributed by atoms with Gasteiger partial charge in [-0.3, -0.25) is 23.7 Å². The van der Waals surface area contributed by atoms with Crippen LogP contribution in [0.2, 0.25) is 0 Å². The summed E-state index contributed by atoms with van der Waals surface area (Å²) in [5.41, 5.74) is -0.814. The van der Waals surface area contributed by atoms with Crippen LogP contribution in [-0.4, -0.2) is 47.7 Å². The number of unbranched alkanes of at least 4 members (excludes halogenated alkanes) is 1. The van der Waals surface area contributed by atoms with Crippen LogP contribution >= 0.6 is 23.7 Å². The molecule has 0 radical (unpaired) electrons. The van der Waals surface area contributed by atoms with Crippen LogP contribution in [0.15, 0.2) is 44.5 Å². The molecule has 1 aliphatic heterocycles. The number of benzene rings is 1. The van der Waals surface area contributed by atoms with E-state index in [2.05, 4.69) is 26.0 Å². The van der Waals surface area contributed by atoms with E-state index < -0.39 is 43.5 Å². The Morgan fingerprint density at radius 1 is 1.33 bits per heavy atom. The van der Waals surface area contributed by atoms with E-state index in [4.69, 9.17) is 23.3 Å². The maximum Gasteiger partial charge on any atom is 0.459 e. The molecule has 2 heterocycles. The van der Waals surface area contributed by atoms with Gasteiger partial charge in [0.1, 0.15) is 18.4 Å². The summed E-state index contributed by atoms with van der Waals surface area (Å²) in [4.78, 5) is 38.2. The van der Waals surface area contributed by atoms with Gasteiger partial charge in [0.05, 0.1) is 13.2 Å². The molecule has 4 atom stereocenters. The zero-order chi connectivity index (χ0) is 26.3. The summed E-state index contributed by atoms with van der Waals surface area (Å²) in [6, 6.07) is 5.55. The highest BCUT2D eigenvalue weighted by Crippen LogP contribution is 2.45. The summed E-state index contributed by atoms with van der Waals surface area (Å²) < 4.78 is 43.1. The average Bonchev–Trinajstić information content (AvgIpc) is 3.30. The van der Waals surface area contributed by atoms with Gasteiger partial charge in [-0.25, -0.2) is 9.36 Å². The molecule has 1 aliphatic rings. The van der Waals surface area contributed by atoms with Gasteiger partial charge in [-0.2, -0.15) is 5.09 Å². The van der Waals surface area contributed by atoms with E-state index in [0.29, 0.717) is 12.0 Å². The van der Waals surface area contributed by atoms with Crippen LogP contribution in [0.5, 0.6) is 5.75 Å². The molecule has 1 fully saturated rings. The van der Waals surface area contributed by atoms with E-state index in [1.165, 1.54) is 17.7 Å². The first-order chi connectivity index (χ1) is 17.1. The number of hydrogen-bond donors (Lipinski definition) is 2. The fraction of sp³-hybridized carbons (Fsp3) is 0.500. The van der Waals surface area contributed by atoms with Crippen molar-refractivity contribution in [2.24, 2.45) is 0 Å². The highest BCUT2D eigenvalue weighted by molar-refractivity contribution is 9.10. The Bertz CT molecular complexity index is 1200. The summed E-state index contributed by atoms with van der Waals surface area (Å²) in [5, 5.41) is 2.59. The van der Waals surface area contributed by atoms with Gasteiger partial charge in [0.25, 0.3) is 5.56 Å². The number of hydrogen-bond acceptors (Lipinski definition) is 9. The number of aromatic nitrogens is 2. The lowest BCUT2D eigenvalue weighted by atomic mass is 10.3. The third-order valence-corrected chi connectivity index (χ3v) is 7.23. The van der Waals surface area contributed by atoms with Crippen LogP contribution in [0, 0.1) is 6.92 Å². The van der Waals surface area contributed by atoms with Crippen LogP contribution in [0.25, 0.3) is 0 Å². The minimum atomic E-state index is -4.12. The van der Waals surface area contributed by atoms with Gasteiger partial charge < -0.3 is 18.7 Å². The summed E-state index contributed by atoms with van der Waals surface area (Å²) in [6.45, 7) is 4.90. The lowest BCUT2D eigenvalue weighted by Crippen LogP contribution is -2.36. The summed E-state index contributed by atoms with van der Waals surface area (Å²) >= 11 is 3.32. The first-order valence-electron chi connectivity index (χ1n) is 11.3. The second kappa shape index (κ2) is 12.8. The molecule has 0 aliphatic carbocycles. The maximum absolute atomic E-state index is 13.6. The van der Waals surface area contributed by atoms with E-state index in [-0.39, 0.29) is 25.6 Å². The van der Waals surface area contributed by atoms with Crippen molar-refractivity contribution in [3.8, 4) is 5.75 Å². The van der Waals surface area contributed by atoms with Gasteiger partial charge in [-0.1, -0.05) is 29.3 Å². The van der Waals surface area contributed by atoms with Crippen molar-refractivity contribution in [3.05, 3.63) is 61.3 Å². The van der Waals surface area contributed by atoms with Crippen molar-refractivity contribution >= 4 is 29.6 Å². The maximum atomic E-state index is 13.6. The molecule has 0 amide bonds. The standard InChI is InChI=1S/C22H29BrN3O9P/c1-4-5-10-31-21(28)15(3)25-36(30,35-17-8-6-16(23)7-9-17)33-13-19-32-12-18(34-19)26-11-14(2)20(27)24-22(26)29/h6-9,11,15,18-19H,4-5,10,12-13H2,1-3H3,(H,25,30)(H,24,27,29)/t15?,18-,19-,36?/m1/s1. The largest absolute Gasteiger partial charge is 0.465 e. The van der Waals surface area contributed by atoms with E-state index in [9.17, 15) is 18.9 Å². The third kappa shape index (κ3) is 7.86. The molecule has 0 bridgehead atoms. The molecule has 14 heteroatoms. The van der Waals surface area contributed by atoms with Crippen molar-refractivity contribution in [3.63, 3.8) is 0 Å². The number of aryl methyl sites for hydroxylation is 1. The van der Waals surface area contributed by atoms with Crippen LogP contribution in [-0.2, 0) is 28.1 Å². The molecule has 2 N–H and O–H groups in total. The Kier molecular flexibility index (Phi) is 10.1. The molecular weight excluding hydrogens is 561 g/mol.